The van der Waals surface area contributed by atoms with Crippen molar-refractivity contribution in [1.82, 2.24) is 0 Å². The molecule has 1 aromatic heterocycles. The van der Waals surface area contributed by atoms with E-state index in [0.29, 0.717) is 40.1 Å². The molecule has 5 rings (SSSR count). The van der Waals surface area contributed by atoms with E-state index in [1.54, 1.807) is 67.8 Å². The highest BCUT2D eigenvalue weighted by Crippen LogP contribution is 2.41. The Hall–Kier alpha value is -4.39. The van der Waals surface area contributed by atoms with Gasteiger partial charge in [0.15, 0.2) is 5.43 Å². The van der Waals surface area contributed by atoms with E-state index in [-0.39, 0.29) is 16.8 Å². The molecule has 0 aliphatic carbocycles. The number of fused-ring (bicyclic) bond motifs is 2. The van der Waals surface area contributed by atoms with Gasteiger partial charge in [0, 0.05) is 5.69 Å². The minimum absolute atomic E-state index is 0.00886. The SMILES string of the molecule is CCCCOC(=O)c1ccc(N2C(=O)c3oc4ccccc4c(=O)c3C2c2cccc(OC)c2)cc1. The number of rotatable bonds is 7. The molecule has 7 heteroatoms. The molecule has 7 nitrogen and oxygen atoms in total. The van der Waals surface area contributed by atoms with E-state index in [1.165, 1.54) is 4.90 Å². The molecule has 0 saturated carbocycles. The number of anilines is 1. The van der Waals surface area contributed by atoms with Crippen molar-refractivity contribution in [3.8, 4) is 5.75 Å². The smallest absolute Gasteiger partial charge is 0.338 e. The summed E-state index contributed by atoms with van der Waals surface area (Å²) in [5.74, 6) is -0.240. The van der Waals surface area contributed by atoms with Crippen LogP contribution in [0.25, 0.3) is 11.0 Å². The fourth-order valence-corrected chi connectivity index (χ4v) is 4.46. The minimum atomic E-state index is -0.731. The topological polar surface area (TPSA) is 86.0 Å². The zero-order valence-corrected chi connectivity index (χ0v) is 20.0. The lowest BCUT2D eigenvalue weighted by Crippen LogP contribution is -2.29. The standard InChI is InChI=1S/C29H25NO6/c1-3-4-16-35-29(33)18-12-14-20(15-13-18)30-25(19-8-7-9-21(17-19)34-2)24-26(31)22-10-5-6-11-23(22)36-27(24)28(30)32/h5-15,17,25H,3-4,16H2,1-2H3. The average Bonchev–Trinajstić information content (AvgIpc) is 3.21. The quantitative estimate of drug-likeness (QED) is 0.255. The van der Waals surface area contributed by atoms with Gasteiger partial charge in [-0.15, -0.1) is 0 Å². The highest BCUT2D eigenvalue weighted by atomic mass is 16.5. The summed E-state index contributed by atoms with van der Waals surface area (Å²) in [5, 5.41) is 0.406. The molecule has 2 heterocycles. The number of benzene rings is 3. The number of hydrogen-bond donors (Lipinski definition) is 0. The number of methoxy groups -OCH3 is 1. The predicted molar refractivity (Wildman–Crippen MR) is 136 cm³/mol. The van der Waals surface area contributed by atoms with E-state index in [1.807, 2.05) is 19.1 Å². The number of unbranched alkanes of at least 4 members (excludes halogenated alkanes) is 1. The molecule has 36 heavy (non-hydrogen) atoms. The van der Waals surface area contributed by atoms with Crippen molar-refractivity contribution in [2.24, 2.45) is 0 Å². The maximum Gasteiger partial charge on any atom is 0.338 e. The van der Waals surface area contributed by atoms with Crippen LogP contribution in [0, 0.1) is 0 Å². The number of carbonyl (C=O) groups excluding carboxylic acids is 2. The summed E-state index contributed by atoms with van der Waals surface area (Å²) >= 11 is 0. The molecule has 0 N–H and O–H groups in total. The number of amides is 1. The molecule has 1 amide bonds. The summed E-state index contributed by atoms with van der Waals surface area (Å²) in [4.78, 5) is 41.2. The van der Waals surface area contributed by atoms with Gasteiger partial charge in [0.1, 0.15) is 11.3 Å². The van der Waals surface area contributed by atoms with Crippen LogP contribution in [0.4, 0.5) is 5.69 Å². The summed E-state index contributed by atoms with van der Waals surface area (Å²) in [6.07, 6.45) is 1.72. The van der Waals surface area contributed by atoms with Crippen LogP contribution in [0.5, 0.6) is 5.75 Å². The third kappa shape index (κ3) is 4.02. The monoisotopic (exact) mass is 483 g/mol. The lowest BCUT2D eigenvalue weighted by Gasteiger charge is -2.25. The number of para-hydroxylation sites is 1. The van der Waals surface area contributed by atoms with Gasteiger partial charge >= 0.3 is 5.97 Å². The molecule has 0 saturated heterocycles. The van der Waals surface area contributed by atoms with Gasteiger partial charge in [-0.05, 0) is 60.5 Å². The molecule has 182 valence electrons. The molecule has 1 unspecified atom stereocenters. The van der Waals surface area contributed by atoms with Gasteiger partial charge in [-0.3, -0.25) is 14.5 Å². The van der Waals surface area contributed by atoms with Crippen LogP contribution in [-0.4, -0.2) is 25.6 Å². The molecule has 0 bridgehead atoms. The third-order valence-corrected chi connectivity index (χ3v) is 6.30. The molecule has 0 radical (unpaired) electrons. The Labute approximate surface area is 207 Å². The lowest BCUT2D eigenvalue weighted by atomic mass is 9.98. The fourth-order valence-electron chi connectivity index (χ4n) is 4.46. The van der Waals surface area contributed by atoms with Gasteiger partial charge in [-0.2, -0.15) is 0 Å². The summed E-state index contributed by atoms with van der Waals surface area (Å²) in [6, 6.07) is 20.0. The lowest BCUT2D eigenvalue weighted by molar-refractivity contribution is 0.0499. The summed E-state index contributed by atoms with van der Waals surface area (Å²) in [7, 11) is 1.56. The molecule has 1 atom stereocenters. The first-order valence-corrected chi connectivity index (χ1v) is 11.8. The maximum absolute atomic E-state index is 13.7. The van der Waals surface area contributed by atoms with E-state index < -0.39 is 17.9 Å². The Kier molecular flexibility index (Phi) is 6.29. The molecule has 0 spiro atoms. The van der Waals surface area contributed by atoms with Gasteiger partial charge in [-0.1, -0.05) is 37.6 Å². The maximum atomic E-state index is 13.7. The first-order valence-electron chi connectivity index (χ1n) is 11.8. The Morgan fingerprint density at radius 1 is 1.00 bits per heavy atom. The normalized spacial score (nSPS) is 14.7. The van der Waals surface area contributed by atoms with Crippen LogP contribution in [0.1, 0.15) is 57.8 Å². The average molecular weight is 484 g/mol. The van der Waals surface area contributed by atoms with E-state index >= 15 is 0 Å². The van der Waals surface area contributed by atoms with Crippen LogP contribution < -0.4 is 15.1 Å². The van der Waals surface area contributed by atoms with Crippen molar-refractivity contribution >= 4 is 28.5 Å². The minimum Gasteiger partial charge on any atom is -0.497 e. The van der Waals surface area contributed by atoms with E-state index in [0.717, 1.165) is 12.8 Å². The predicted octanol–water partition coefficient (Wildman–Crippen LogP) is 5.51. The Bertz CT molecular complexity index is 1500. The Balaban J connectivity index is 1.62. The van der Waals surface area contributed by atoms with Crippen molar-refractivity contribution in [2.45, 2.75) is 25.8 Å². The second kappa shape index (κ2) is 9.70. The van der Waals surface area contributed by atoms with E-state index in [2.05, 4.69) is 0 Å². The van der Waals surface area contributed by atoms with Crippen molar-refractivity contribution in [2.75, 3.05) is 18.6 Å². The zero-order chi connectivity index (χ0) is 25.2. The third-order valence-electron chi connectivity index (χ3n) is 6.30. The number of carbonyl (C=O) groups is 2. The van der Waals surface area contributed by atoms with Crippen molar-refractivity contribution in [3.63, 3.8) is 0 Å². The first kappa shape index (κ1) is 23.4. The summed E-state index contributed by atoms with van der Waals surface area (Å²) < 4.78 is 16.7. The summed E-state index contributed by atoms with van der Waals surface area (Å²) in [6.45, 7) is 2.38. The fraction of sp³-hybridized carbons (Fsp3) is 0.207. The van der Waals surface area contributed by atoms with Crippen LogP contribution in [0.3, 0.4) is 0 Å². The van der Waals surface area contributed by atoms with Gasteiger partial charge in [0.2, 0.25) is 5.76 Å². The molecular weight excluding hydrogens is 458 g/mol. The molecule has 3 aromatic carbocycles. The summed E-state index contributed by atoms with van der Waals surface area (Å²) in [5.41, 5.74) is 1.98. The molecule has 4 aromatic rings. The molecule has 0 fully saturated rings. The van der Waals surface area contributed by atoms with Crippen LogP contribution in [0.15, 0.2) is 82.0 Å². The first-order chi connectivity index (χ1) is 17.5. The molecular formula is C29H25NO6. The van der Waals surface area contributed by atoms with Crippen molar-refractivity contribution in [1.29, 1.82) is 0 Å². The second-order valence-corrected chi connectivity index (χ2v) is 8.56. The molecule has 1 aliphatic rings. The number of esters is 1. The van der Waals surface area contributed by atoms with Gasteiger partial charge < -0.3 is 13.9 Å². The highest BCUT2D eigenvalue weighted by molar-refractivity contribution is 6.10. The number of hydrogen-bond acceptors (Lipinski definition) is 6. The van der Waals surface area contributed by atoms with Crippen molar-refractivity contribution < 1.29 is 23.5 Å². The number of nitrogens with zero attached hydrogens (tertiary/aromatic N) is 1. The Morgan fingerprint density at radius 3 is 2.53 bits per heavy atom. The Morgan fingerprint density at radius 2 is 1.78 bits per heavy atom. The van der Waals surface area contributed by atoms with E-state index in [4.69, 9.17) is 13.9 Å². The molecule has 1 aliphatic heterocycles. The van der Waals surface area contributed by atoms with E-state index in [9.17, 15) is 14.4 Å². The van der Waals surface area contributed by atoms with Crippen LogP contribution in [-0.2, 0) is 4.74 Å². The number of ether oxygens (including phenoxy) is 2. The second-order valence-electron chi connectivity index (χ2n) is 8.56. The zero-order valence-electron chi connectivity index (χ0n) is 20.0. The van der Waals surface area contributed by atoms with Gasteiger partial charge in [0.05, 0.1) is 36.3 Å². The van der Waals surface area contributed by atoms with Crippen LogP contribution in [0.2, 0.25) is 0 Å². The van der Waals surface area contributed by atoms with Crippen LogP contribution >= 0.6 is 0 Å². The van der Waals surface area contributed by atoms with Gasteiger partial charge in [0.25, 0.3) is 5.91 Å². The van der Waals surface area contributed by atoms with Gasteiger partial charge in [-0.25, -0.2) is 4.79 Å². The van der Waals surface area contributed by atoms with Crippen molar-refractivity contribution in [3.05, 3.63) is 105 Å². The highest BCUT2D eigenvalue weighted by Gasteiger charge is 2.43. The largest absolute Gasteiger partial charge is 0.497 e.